The lowest BCUT2D eigenvalue weighted by Gasteiger charge is -2.40. The van der Waals surface area contributed by atoms with Crippen molar-refractivity contribution in [1.29, 1.82) is 0 Å². The van der Waals surface area contributed by atoms with Crippen molar-refractivity contribution in [3.63, 3.8) is 0 Å². The first-order chi connectivity index (χ1) is 7.79. The van der Waals surface area contributed by atoms with E-state index >= 15 is 0 Å². The number of hydrogen-bond acceptors (Lipinski definition) is 2. The molecular formula is C14H28N2. The van der Waals surface area contributed by atoms with Gasteiger partial charge in [0, 0.05) is 18.6 Å². The van der Waals surface area contributed by atoms with Crippen LogP contribution < -0.4 is 5.32 Å². The van der Waals surface area contributed by atoms with Crippen molar-refractivity contribution in [1.82, 2.24) is 10.2 Å². The lowest BCUT2D eigenvalue weighted by atomic mass is 9.87. The molecule has 0 aromatic rings. The minimum absolute atomic E-state index is 0.762. The van der Waals surface area contributed by atoms with Gasteiger partial charge in [-0.25, -0.2) is 0 Å². The summed E-state index contributed by atoms with van der Waals surface area (Å²) in [4.78, 5) is 2.74. The van der Waals surface area contributed by atoms with E-state index < -0.39 is 0 Å². The summed E-state index contributed by atoms with van der Waals surface area (Å²) in [7, 11) is 2.11. The molecule has 2 aliphatic rings. The first kappa shape index (κ1) is 12.4. The van der Waals surface area contributed by atoms with Crippen LogP contribution >= 0.6 is 0 Å². The second-order valence-corrected chi connectivity index (χ2v) is 5.86. The molecule has 1 saturated carbocycles. The molecule has 0 spiro atoms. The van der Waals surface area contributed by atoms with Crippen molar-refractivity contribution in [3.8, 4) is 0 Å². The van der Waals surface area contributed by atoms with Gasteiger partial charge in [-0.05, 0) is 52.1 Å². The fourth-order valence-electron chi connectivity index (χ4n) is 3.46. The van der Waals surface area contributed by atoms with Crippen LogP contribution in [0, 0.1) is 5.92 Å². The van der Waals surface area contributed by atoms with E-state index in [1.54, 1.807) is 0 Å². The van der Waals surface area contributed by atoms with E-state index in [0.717, 1.165) is 18.0 Å². The van der Waals surface area contributed by atoms with Crippen LogP contribution in [0.5, 0.6) is 0 Å². The van der Waals surface area contributed by atoms with Gasteiger partial charge in [0.1, 0.15) is 0 Å². The molecule has 16 heavy (non-hydrogen) atoms. The first-order valence-electron chi connectivity index (χ1n) is 7.21. The molecule has 0 aromatic carbocycles. The molecule has 0 amide bonds. The van der Waals surface area contributed by atoms with Crippen LogP contribution in [0.3, 0.4) is 0 Å². The molecule has 94 valence electrons. The van der Waals surface area contributed by atoms with Gasteiger partial charge in [-0.2, -0.15) is 0 Å². The number of hydrogen-bond donors (Lipinski definition) is 1. The van der Waals surface area contributed by atoms with Crippen LogP contribution in [0.25, 0.3) is 0 Å². The fourth-order valence-corrected chi connectivity index (χ4v) is 3.46. The molecule has 2 heteroatoms. The fraction of sp³-hybridized carbons (Fsp3) is 1.00. The van der Waals surface area contributed by atoms with Gasteiger partial charge in [0.2, 0.25) is 0 Å². The van der Waals surface area contributed by atoms with Crippen molar-refractivity contribution in [3.05, 3.63) is 0 Å². The Labute approximate surface area is 101 Å². The molecule has 2 fully saturated rings. The summed E-state index contributed by atoms with van der Waals surface area (Å²) in [6, 6.07) is 1.55. The highest BCUT2D eigenvalue weighted by Crippen LogP contribution is 2.27. The summed E-state index contributed by atoms with van der Waals surface area (Å²) in [5.41, 5.74) is 0. The van der Waals surface area contributed by atoms with Gasteiger partial charge < -0.3 is 10.2 Å². The largest absolute Gasteiger partial charge is 0.317 e. The molecule has 2 rings (SSSR count). The predicted octanol–water partition coefficient (Wildman–Crippen LogP) is 2.64. The number of nitrogens with zero attached hydrogens (tertiary/aromatic N) is 1. The number of piperidine rings is 1. The maximum atomic E-state index is 3.43. The summed E-state index contributed by atoms with van der Waals surface area (Å²) < 4.78 is 0. The second-order valence-electron chi connectivity index (χ2n) is 5.86. The summed E-state index contributed by atoms with van der Waals surface area (Å²) in [6.07, 6.45) is 10.1. The van der Waals surface area contributed by atoms with Crippen LogP contribution in [0.15, 0.2) is 0 Å². The van der Waals surface area contributed by atoms with Gasteiger partial charge in [-0.1, -0.05) is 19.3 Å². The highest BCUT2D eigenvalue weighted by molar-refractivity contribution is 4.83. The monoisotopic (exact) mass is 224 g/mol. The quantitative estimate of drug-likeness (QED) is 0.793. The topological polar surface area (TPSA) is 15.3 Å². The van der Waals surface area contributed by atoms with E-state index in [-0.39, 0.29) is 0 Å². The number of nitrogens with one attached hydrogen (secondary N) is 1. The summed E-state index contributed by atoms with van der Waals surface area (Å²) in [5.74, 6) is 1.00. The SMILES string of the molecule is CNC1CCN(CC2CCCCC2)C(C)C1. The van der Waals surface area contributed by atoms with Gasteiger partial charge >= 0.3 is 0 Å². The molecule has 1 aliphatic heterocycles. The summed E-state index contributed by atoms with van der Waals surface area (Å²) in [6.45, 7) is 5.09. The van der Waals surface area contributed by atoms with Crippen molar-refractivity contribution < 1.29 is 0 Å². The average Bonchev–Trinajstić information content (AvgIpc) is 2.33. The number of rotatable bonds is 3. The van der Waals surface area contributed by atoms with Crippen LogP contribution in [0.4, 0.5) is 0 Å². The molecule has 1 aliphatic carbocycles. The Hall–Kier alpha value is -0.0800. The molecule has 0 bridgehead atoms. The standard InChI is InChI=1S/C14H28N2/c1-12-10-14(15-2)8-9-16(12)11-13-6-4-3-5-7-13/h12-15H,3-11H2,1-2H3. The lowest BCUT2D eigenvalue weighted by molar-refractivity contribution is 0.107. The molecule has 2 atom stereocenters. The minimum Gasteiger partial charge on any atom is -0.317 e. The maximum absolute atomic E-state index is 3.43. The van der Waals surface area contributed by atoms with E-state index in [2.05, 4.69) is 24.2 Å². The minimum atomic E-state index is 0.762. The predicted molar refractivity (Wildman–Crippen MR) is 69.7 cm³/mol. The van der Waals surface area contributed by atoms with Gasteiger partial charge in [0.15, 0.2) is 0 Å². The third-order valence-corrected chi connectivity index (χ3v) is 4.64. The molecular weight excluding hydrogens is 196 g/mol. The highest BCUT2D eigenvalue weighted by Gasteiger charge is 2.26. The Balaban J connectivity index is 1.76. The first-order valence-corrected chi connectivity index (χ1v) is 7.21. The normalized spacial score (nSPS) is 34.1. The third kappa shape index (κ3) is 3.21. The van der Waals surface area contributed by atoms with E-state index in [0.29, 0.717) is 0 Å². The van der Waals surface area contributed by atoms with Gasteiger partial charge in [-0.15, -0.1) is 0 Å². The number of likely N-dealkylation sites (tertiary alicyclic amines) is 1. The van der Waals surface area contributed by atoms with E-state index in [4.69, 9.17) is 0 Å². The van der Waals surface area contributed by atoms with Crippen LogP contribution in [0.1, 0.15) is 51.9 Å². The molecule has 2 unspecified atom stereocenters. The van der Waals surface area contributed by atoms with Crippen molar-refractivity contribution in [2.24, 2.45) is 5.92 Å². The Bertz CT molecular complexity index is 199. The van der Waals surface area contributed by atoms with Crippen molar-refractivity contribution >= 4 is 0 Å². The van der Waals surface area contributed by atoms with Crippen LogP contribution in [0.2, 0.25) is 0 Å². The Morgan fingerprint density at radius 2 is 1.88 bits per heavy atom. The van der Waals surface area contributed by atoms with E-state index in [1.165, 1.54) is 58.0 Å². The van der Waals surface area contributed by atoms with Gasteiger partial charge in [-0.3, -0.25) is 0 Å². The van der Waals surface area contributed by atoms with Crippen LogP contribution in [-0.2, 0) is 0 Å². The smallest absolute Gasteiger partial charge is 0.00910 e. The van der Waals surface area contributed by atoms with Crippen LogP contribution in [-0.4, -0.2) is 37.1 Å². The van der Waals surface area contributed by atoms with Crippen molar-refractivity contribution in [2.75, 3.05) is 20.1 Å². The molecule has 1 N–H and O–H groups in total. The lowest BCUT2D eigenvalue weighted by Crippen LogP contribution is -2.48. The zero-order chi connectivity index (χ0) is 11.4. The summed E-state index contributed by atoms with van der Waals surface area (Å²) >= 11 is 0. The molecule has 1 heterocycles. The van der Waals surface area contributed by atoms with Crippen molar-refractivity contribution in [2.45, 2.75) is 64.0 Å². The van der Waals surface area contributed by atoms with E-state index in [1.807, 2.05) is 0 Å². The second kappa shape index (κ2) is 6.02. The van der Waals surface area contributed by atoms with E-state index in [9.17, 15) is 0 Å². The average molecular weight is 224 g/mol. The Kier molecular flexibility index (Phi) is 4.66. The Morgan fingerprint density at radius 3 is 2.50 bits per heavy atom. The molecule has 0 radical (unpaired) electrons. The Morgan fingerprint density at radius 1 is 1.12 bits per heavy atom. The zero-order valence-electron chi connectivity index (χ0n) is 11.0. The highest BCUT2D eigenvalue weighted by atomic mass is 15.2. The van der Waals surface area contributed by atoms with Gasteiger partial charge in [0.05, 0.1) is 0 Å². The molecule has 1 saturated heterocycles. The zero-order valence-corrected chi connectivity index (χ0v) is 11.0. The maximum Gasteiger partial charge on any atom is 0.00910 e. The molecule has 0 aromatic heterocycles. The summed E-state index contributed by atoms with van der Waals surface area (Å²) in [5, 5.41) is 3.43. The third-order valence-electron chi connectivity index (χ3n) is 4.64. The molecule has 2 nitrogen and oxygen atoms in total. The van der Waals surface area contributed by atoms with Gasteiger partial charge in [0.25, 0.3) is 0 Å².